The number of anilines is 1. The molecular formula is C8H8F3NO2. The minimum absolute atomic E-state index is 0.0641. The van der Waals surface area contributed by atoms with E-state index >= 15 is 0 Å². The molecule has 14 heavy (non-hydrogen) atoms. The molecule has 0 aliphatic rings. The Labute approximate surface area is 77.9 Å². The van der Waals surface area contributed by atoms with E-state index in [0.29, 0.717) is 0 Å². The fourth-order valence-corrected chi connectivity index (χ4v) is 0.972. The van der Waals surface area contributed by atoms with Gasteiger partial charge in [0.05, 0.1) is 6.61 Å². The van der Waals surface area contributed by atoms with Gasteiger partial charge in [-0.2, -0.15) is 0 Å². The number of benzene rings is 1. The number of rotatable bonds is 2. The molecule has 0 spiro atoms. The predicted molar refractivity (Wildman–Crippen MR) is 43.5 cm³/mol. The first-order valence-electron chi connectivity index (χ1n) is 3.68. The van der Waals surface area contributed by atoms with E-state index in [1.54, 1.807) is 0 Å². The van der Waals surface area contributed by atoms with Crippen LogP contribution < -0.4 is 10.5 Å². The van der Waals surface area contributed by atoms with Crippen LogP contribution >= 0.6 is 0 Å². The summed E-state index contributed by atoms with van der Waals surface area (Å²) >= 11 is 0. The molecule has 0 amide bonds. The number of nitrogen functional groups attached to an aromatic ring is 1. The van der Waals surface area contributed by atoms with Gasteiger partial charge in [0.15, 0.2) is 0 Å². The Balaban J connectivity index is 3.02. The van der Waals surface area contributed by atoms with Crippen LogP contribution in [0.15, 0.2) is 18.2 Å². The number of aliphatic hydroxyl groups is 1. The molecule has 6 heteroatoms. The molecule has 0 bridgehead atoms. The van der Waals surface area contributed by atoms with Crippen LogP contribution in [-0.2, 0) is 6.61 Å². The first-order valence-corrected chi connectivity index (χ1v) is 3.68. The minimum Gasteiger partial charge on any atom is -0.405 e. The lowest BCUT2D eigenvalue weighted by Gasteiger charge is -2.13. The fourth-order valence-electron chi connectivity index (χ4n) is 0.972. The van der Waals surface area contributed by atoms with Crippen LogP contribution in [0.1, 0.15) is 5.56 Å². The Morgan fingerprint density at radius 3 is 2.50 bits per heavy atom. The molecule has 1 aromatic carbocycles. The topological polar surface area (TPSA) is 55.5 Å². The van der Waals surface area contributed by atoms with Crippen LogP contribution in [0.5, 0.6) is 5.75 Å². The maximum absolute atomic E-state index is 11.8. The van der Waals surface area contributed by atoms with Crippen LogP contribution in [0.25, 0.3) is 0 Å². The maximum Gasteiger partial charge on any atom is 0.573 e. The summed E-state index contributed by atoms with van der Waals surface area (Å²) in [5.41, 5.74) is 5.34. The van der Waals surface area contributed by atoms with Crippen molar-refractivity contribution >= 4 is 5.69 Å². The zero-order chi connectivity index (χ0) is 10.8. The van der Waals surface area contributed by atoms with E-state index < -0.39 is 18.7 Å². The lowest BCUT2D eigenvalue weighted by Crippen LogP contribution is -2.18. The molecule has 1 aromatic rings. The number of hydrogen-bond acceptors (Lipinski definition) is 3. The highest BCUT2D eigenvalue weighted by Gasteiger charge is 2.32. The number of ether oxygens (including phenoxy) is 1. The summed E-state index contributed by atoms with van der Waals surface area (Å²) in [6.07, 6.45) is -4.78. The summed E-state index contributed by atoms with van der Waals surface area (Å²) in [6.45, 7) is -0.599. The molecule has 3 N–H and O–H groups in total. The van der Waals surface area contributed by atoms with Crippen molar-refractivity contribution in [3.8, 4) is 5.75 Å². The van der Waals surface area contributed by atoms with E-state index in [4.69, 9.17) is 10.8 Å². The molecule has 0 radical (unpaired) electrons. The van der Waals surface area contributed by atoms with E-state index in [1.807, 2.05) is 0 Å². The quantitative estimate of drug-likeness (QED) is 0.725. The van der Waals surface area contributed by atoms with Gasteiger partial charge in [-0.25, -0.2) is 0 Å². The van der Waals surface area contributed by atoms with E-state index in [2.05, 4.69) is 4.74 Å². The highest BCUT2D eigenvalue weighted by atomic mass is 19.4. The molecule has 78 valence electrons. The van der Waals surface area contributed by atoms with E-state index in [9.17, 15) is 13.2 Å². The Hall–Kier alpha value is -1.43. The van der Waals surface area contributed by atoms with Crippen molar-refractivity contribution in [1.82, 2.24) is 0 Å². The van der Waals surface area contributed by atoms with Gasteiger partial charge in [0, 0.05) is 11.3 Å². The normalized spacial score (nSPS) is 11.4. The zero-order valence-corrected chi connectivity index (χ0v) is 7.01. The van der Waals surface area contributed by atoms with Crippen molar-refractivity contribution in [3.05, 3.63) is 23.8 Å². The summed E-state index contributed by atoms with van der Waals surface area (Å²) in [5.74, 6) is -0.472. The summed E-state index contributed by atoms with van der Waals surface area (Å²) in [6, 6.07) is 3.79. The van der Waals surface area contributed by atoms with Gasteiger partial charge >= 0.3 is 6.36 Å². The van der Waals surface area contributed by atoms with Crippen molar-refractivity contribution in [2.75, 3.05) is 5.73 Å². The molecule has 3 nitrogen and oxygen atoms in total. The smallest absolute Gasteiger partial charge is 0.405 e. The Morgan fingerprint density at radius 1 is 1.36 bits per heavy atom. The zero-order valence-electron chi connectivity index (χ0n) is 7.01. The summed E-state index contributed by atoms with van der Waals surface area (Å²) < 4.78 is 39.2. The van der Waals surface area contributed by atoms with Gasteiger partial charge < -0.3 is 15.6 Å². The molecule has 0 aliphatic heterocycles. The molecule has 0 heterocycles. The lowest BCUT2D eigenvalue weighted by molar-refractivity contribution is -0.275. The molecule has 0 saturated heterocycles. The Kier molecular flexibility index (Phi) is 2.85. The second kappa shape index (κ2) is 3.75. The Morgan fingerprint density at radius 2 is 2.00 bits per heavy atom. The van der Waals surface area contributed by atoms with Crippen LogP contribution in [0.3, 0.4) is 0 Å². The molecular weight excluding hydrogens is 199 g/mol. The first kappa shape index (κ1) is 10.6. The van der Waals surface area contributed by atoms with Gasteiger partial charge in [-0.1, -0.05) is 6.07 Å². The van der Waals surface area contributed by atoms with E-state index in [1.165, 1.54) is 12.1 Å². The SMILES string of the molecule is Nc1cccc(OC(F)(F)F)c1CO. The van der Waals surface area contributed by atoms with Gasteiger partial charge in [0.1, 0.15) is 5.75 Å². The Bertz CT molecular complexity index is 325. The summed E-state index contributed by atoms with van der Waals surface area (Å²) in [4.78, 5) is 0. The predicted octanol–water partition coefficient (Wildman–Crippen LogP) is 1.66. The maximum atomic E-state index is 11.8. The minimum atomic E-state index is -4.78. The first-order chi connectivity index (χ1) is 6.44. The highest BCUT2D eigenvalue weighted by molar-refractivity contribution is 5.53. The van der Waals surface area contributed by atoms with Gasteiger partial charge in [-0.05, 0) is 12.1 Å². The van der Waals surface area contributed by atoms with Crippen LogP contribution in [-0.4, -0.2) is 11.5 Å². The molecule has 1 rings (SSSR count). The summed E-state index contributed by atoms with van der Waals surface area (Å²) in [5, 5.41) is 8.77. The van der Waals surface area contributed by atoms with Crippen molar-refractivity contribution < 1.29 is 23.0 Å². The third-order valence-corrected chi connectivity index (χ3v) is 1.55. The average molecular weight is 207 g/mol. The lowest BCUT2D eigenvalue weighted by atomic mass is 10.2. The van der Waals surface area contributed by atoms with Gasteiger partial charge in [0.2, 0.25) is 0 Å². The van der Waals surface area contributed by atoms with Gasteiger partial charge in [-0.3, -0.25) is 0 Å². The molecule has 0 unspecified atom stereocenters. The standard InChI is InChI=1S/C8H8F3NO2/c9-8(10,11)14-7-3-1-2-6(12)5(7)4-13/h1-3,13H,4,12H2. The van der Waals surface area contributed by atoms with Crippen LogP contribution in [0.2, 0.25) is 0 Å². The fraction of sp³-hybridized carbons (Fsp3) is 0.250. The van der Waals surface area contributed by atoms with Crippen molar-refractivity contribution in [2.45, 2.75) is 13.0 Å². The second-order valence-corrected chi connectivity index (χ2v) is 2.53. The number of aliphatic hydroxyl groups excluding tert-OH is 1. The van der Waals surface area contributed by atoms with Crippen molar-refractivity contribution in [3.63, 3.8) is 0 Å². The number of halogens is 3. The molecule has 0 saturated carbocycles. The molecule has 0 aromatic heterocycles. The summed E-state index contributed by atoms with van der Waals surface area (Å²) in [7, 11) is 0. The highest BCUT2D eigenvalue weighted by Crippen LogP contribution is 2.29. The van der Waals surface area contributed by atoms with Crippen LogP contribution in [0, 0.1) is 0 Å². The molecule has 0 fully saturated rings. The number of hydrogen-bond donors (Lipinski definition) is 2. The second-order valence-electron chi connectivity index (χ2n) is 2.53. The van der Waals surface area contributed by atoms with E-state index in [0.717, 1.165) is 6.07 Å². The molecule has 0 aliphatic carbocycles. The van der Waals surface area contributed by atoms with Crippen molar-refractivity contribution in [1.29, 1.82) is 0 Å². The number of nitrogens with two attached hydrogens (primary N) is 1. The third-order valence-electron chi connectivity index (χ3n) is 1.55. The van der Waals surface area contributed by atoms with Crippen molar-refractivity contribution in [2.24, 2.45) is 0 Å². The largest absolute Gasteiger partial charge is 0.573 e. The van der Waals surface area contributed by atoms with Gasteiger partial charge in [0.25, 0.3) is 0 Å². The van der Waals surface area contributed by atoms with Gasteiger partial charge in [-0.15, -0.1) is 13.2 Å². The monoisotopic (exact) mass is 207 g/mol. The van der Waals surface area contributed by atoms with E-state index in [-0.39, 0.29) is 11.3 Å². The molecule has 0 atom stereocenters. The van der Waals surface area contributed by atoms with Crippen LogP contribution in [0.4, 0.5) is 18.9 Å². The average Bonchev–Trinajstić information content (AvgIpc) is 2.01. The number of alkyl halides is 3. The third kappa shape index (κ3) is 2.53.